The Kier molecular flexibility index (Phi) is 6.52. The number of amides is 1. The maximum atomic E-state index is 13.4. The summed E-state index contributed by atoms with van der Waals surface area (Å²) >= 11 is 0. The van der Waals surface area contributed by atoms with Gasteiger partial charge in [-0.05, 0) is 56.3 Å². The van der Waals surface area contributed by atoms with Gasteiger partial charge in [0.2, 0.25) is 10.0 Å². The molecule has 1 heterocycles. The van der Waals surface area contributed by atoms with E-state index >= 15 is 0 Å². The van der Waals surface area contributed by atoms with Gasteiger partial charge in [0.05, 0.1) is 16.3 Å². The van der Waals surface area contributed by atoms with Crippen LogP contribution in [0.5, 0.6) is 0 Å². The second-order valence-electron chi connectivity index (χ2n) is 8.81. The summed E-state index contributed by atoms with van der Waals surface area (Å²) in [4.78, 5) is 13.0. The predicted octanol–water partition coefficient (Wildman–Crippen LogP) is 4.25. The van der Waals surface area contributed by atoms with Crippen molar-refractivity contribution in [1.82, 2.24) is 14.5 Å². The van der Waals surface area contributed by atoms with E-state index in [1.54, 1.807) is 32.0 Å². The highest BCUT2D eigenvalue weighted by Crippen LogP contribution is 2.27. The van der Waals surface area contributed by atoms with E-state index < -0.39 is 15.9 Å². The second kappa shape index (κ2) is 8.84. The predicted molar refractivity (Wildman–Crippen MR) is 122 cm³/mol. The van der Waals surface area contributed by atoms with Crippen LogP contribution in [0, 0.1) is 5.82 Å². The van der Waals surface area contributed by atoms with Gasteiger partial charge in [-0.15, -0.1) is 0 Å². The summed E-state index contributed by atoms with van der Waals surface area (Å²) in [5, 5.41) is 7.40. The molecule has 0 aliphatic rings. The van der Waals surface area contributed by atoms with Gasteiger partial charge in [0, 0.05) is 23.1 Å². The largest absolute Gasteiger partial charge is 0.306 e. The van der Waals surface area contributed by atoms with Crippen LogP contribution in [-0.2, 0) is 15.4 Å². The van der Waals surface area contributed by atoms with E-state index in [9.17, 15) is 17.6 Å². The van der Waals surface area contributed by atoms with Gasteiger partial charge in [-0.1, -0.05) is 26.8 Å². The van der Waals surface area contributed by atoms with E-state index in [2.05, 4.69) is 15.1 Å². The van der Waals surface area contributed by atoms with E-state index in [1.165, 1.54) is 41.1 Å². The van der Waals surface area contributed by atoms with Crippen molar-refractivity contribution in [1.29, 1.82) is 0 Å². The number of sulfonamides is 1. The minimum Gasteiger partial charge on any atom is -0.306 e. The molecule has 0 aliphatic carbocycles. The van der Waals surface area contributed by atoms with Crippen molar-refractivity contribution < 1.29 is 17.6 Å². The van der Waals surface area contributed by atoms with E-state index in [1.807, 2.05) is 20.8 Å². The molecule has 0 radical (unpaired) electrons. The number of halogens is 1. The molecule has 170 valence electrons. The van der Waals surface area contributed by atoms with Gasteiger partial charge in [-0.3, -0.25) is 4.79 Å². The quantitative estimate of drug-likeness (QED) is 0.578. The van der Waals surface area contributed by atoms with Gasteiger partial charge < -0.3 is 5.32 Å². The summed E-state index contributed by atoms with van der Waals surface area (Å²) in [7, 11) is -3.74. The summed E-state index contributed by atoms with van der Waals surface area (Å²) in [5.41, 5.74) is 1.20. The number of aromatic nitrogens is 2. The Balaban J connectivity index is 1.97. The first-order valence-electron chi connectivity index (χ1n) is 10.2. The van der Waals surface area contributed by atoms with Gasteiger partial charge in [-0.2, -0.15) is 5.10 Å². The average Bonchev–Trinajstić information content (AvgIpc) is 3.12. The van der Waals surface area contributed by atoms with E-state index in [0.29, 0.717) is 11.5 Å². The first-order valence-corrected chi connectivity index (χ1v) is 11.7. The highest BCUT2D eigenvalue weighted by molar-refractivity contribution is 7.89. The van der Waals surface area contributed by atoms with Crippen LogP contribution in [0.2, 0.25) is 0 Å². The van der Waals surface area contributed by atoms with Gasteiger partial charge in [-0.25, -0.2) is 22.2 Å². The van der Waals surface area contributed by atoms with Crippen LogP contribution in [0.3, 0.4) is 0 Å². The zero-order valence-electron chi connectivity index (χ0n) is 18.7. The Labute approximate surface area is 187 Å². The van der Waals surface area contributed by atoms with E-state index in [-0.39, 0.29) is 27.7 Å². The fraction of sp³-hybridized carbons (Fsp3) is 0.304. The van der Waals surface area contributed by atoms with Gasteiger partial charge in [0.25, 0.3) is 5.91 Å². The molecule has 0 fully saturated rings. The summed E-state index contributed by atoms with van der Waals surface area (Å²) in [6, 6.07) is 13.0. The number of hydrogen-bond donors (Lipinski definition) is 2. The molecule has 0 unspecified atom stereocenters. The zero-order valence-corrected chi connectivity index (χ0v) is 19.5. The number of rotatable bonds is 6. The van der Waals surface area contributed by atoms with Crippen LogP contribution in [0.15, 0.2) is 59.5 Å². The summed E-state index contributed by atoms with van der Waals surface area (Å²) in [6.45, 7) is 9.42. The normalized spacial score (nSPS) is 12.2. The lowest BCUT2D eigenvalue weighted by Crippen LogP contribution is -2.30. The number of carbonyl (C=O) groups is 1. The molecule has 3 rings (SSSR count). The number of nitrogens with one attached hydrogen (secondary N) is 2. The minimum atomic E-state index is -3.74. The number of benzene rings is 2. The Morgan fingerprint density at radius 1 is 1.06 bits per heavy atom. The third kappa shape index (κ3) is 5.41. The highest BCUT2D eigenvalue weighted by atomic mass is 32.2. The number of anilines is 1. The minimum absolute atomic E-state index is 0.00118. The molecule has 2 aromatic carbocycles. The van der Waals surface area contributed by atoms with Crippen LogP contribution in [0.25, 0.3) is 5.69 Å². The topological polar surface area (TPSA) is 93.1 Å². The lowest BCUT2D eigenvalue weighted by molar-refractivity contribution is 0.102. The van der Waals surface area contributed by atoms with Crippen LogP contribution < -0.4 is 10.0 Å². The van der Waals surface area contributed by atoms with Crippen molar-refractivity contribution in [3.05, 3.63) is 71.7 Å². The van der Waals surface area contributed by atoms with Crippen LogP contribution in [0.1, 0.15) is 50.7 Å². The lowest BCUT2D eigenvalue weighted by Gasteiger charge is -2.14. The van der Waals surface area contributed by atoms with Crippen molar-refractivity contribution in [2.75, 3.05) is 5.32 Å². The monoisotopic (exact) mass is 458 g/mol. The Bertz CT molecular complexity index is 1230. The van der Waals surface area contributed by atoms with E-state index in [4.69, 9.17) is 0 Å². The molecular weight excluding hydrogens is 431 g/mol. The molecule has 0 bridgehead atoms. The molecule has 7 nitrogen and oxygen atoms in total. The summed E-state index contributed by atoms with van der Waals surface area (Å²) in [6.07, 6.45) is 0. The van der Waals surface area contributed by atoms with Crippen LogP contribution in [0.4, 0.5) is 10.2 Å². The van der Waals surface area contributed by atoms with Gasteiger partial charge in [0.1, 0.15) is 11.6 Å². The van der Waals surface area contributed by atoms with Crippen molar-refractivity contribution in [2.24, 2.45) is 0 Å². The van der Waals surface area contributed by atoms with Crippen LogP contribution in [-0.4, -0.2) is 30.1 Å². The molecule has 0 aliphatic heterocycles. The van der Waals surface area contributed by atoms with E-state index in [0.717, 1.165) is 5.69 Å². The zero-order chi connectivity index (χ0) is 23.7. The fourth-order valence-corrected chi connectivity index (χ4v) is 4.28. The second-order valence-corrected chi connectivity index (χ2v) is 10.5. The number of hydrogen-bond acceptors (Lipinski definition) is 4. The first kappa shape index (κ1) is 23.6. The van der Waals surface area contributed by atoms with Crippen LogP contribution >= 0.6 is 0 Å². The maximum Gasteiger partial charge on any atom is 0.256 e. The maximum absolute atomic E-state index is 13.4. The molecule has 32 heavy (non-hydrogen) atoms. The Morgan fingerprint density at radius 2 is 1.72 bits per heavy atom. The number of carbonyl (C=O) groups excluding carboxylic acids is 1. The fourth-order valence-electron chi connectivity index (χ4n) is 2.99. The standard InChI is InChI=1S/C23H27FN4O3S/c1-15(2)27-32(30,31)19-8-6-7-16(13-19)22(29)25-21-14-20(23(3,4)5)26-28(21)18-11-9-17(24)10-12-18/h6-15,27H,1-5H3,(H,25,29). The molecule has 1 amide bonds. The molecule has 2 N–H and O–H groups in total. The molecule has 9 heteroatoms. The molecule has 1 aromatic heterocycles. The summed E-state index contributed by atoms with van der Waals surface area (Å²) < 4.78 is 42.4. The molecule has 0 atom stereocenters. The number of nitrogens with zero attached hydrogens (tertiary/aromatic N) is 2. The smallest absolute Gasteiger partial charge is 0.256 e. The third-order valence-corrected chi connectivity index (χ3v) is 6.24. The SMILES string of the molecule is CC(C)NS(=O)(=O)c1cccc(C(=O)Nc2cc(C(C)(C)C)nn2-c2ccc(F)cc2)c1. The molecule has 0 spiro atoms. The molecular formula is C23H27FN4O3S. The van der Waals surface area contributed by atoms with Gasteiger partial charge >= 0.3 is 0 Å². The Morgan fingerprint density at radius 3 is 2.31 bits per heavy atom. The molecule has 3 aromatic rings. The van der Waals surface area contributed by atoms with Crippen molar-refractivity contribution >= 4 is 21.7 Å². The summed E-state index contributed by atoms with van der Waals surface area (Å²) in [5.74, 6) is -0.481. The van der Waals surface area contributed by atoms with Crippen molar-refractivity contribution in [3.8, 4) is 5.69 Å². The third-order valence-electron chi connectivity index (χ3n) is 4.59. The lowest BCUT2D eigenvalue weighted by atomic mass is 9.92. The Hall–Kier alpha value is -3.04. The molecule has 0 saturated heterocycles. The van der Waals surface area contributed by atoms with Gasteiger partial charge in [0.15, 0.2) is 0 Å². The highest BCUT2D eigenvalue weighted by Gasteiger charge is 2.23. The molecule has 0 saturated carbocycles. The average molecular weight is 459 g/mol. The van der Waals surface area contributed by atoms with Crippen molar-refractivity contribution in [3.63, 3.8) is 0 Å². The van der Waals surface area contributed by atoms with Crippen molar-refractivity contribution in [2.45, 2.75) is 51.0 Å². The first-order chi connectivity index (χ1) is 14.9.